The molecule has 1 heterocycles. The quantitative estimate of drug-likeness (QED) is 0.769. The highest BCUT2D eigenvalue weighted by Crippen LogP contribution is 2.44. The van der Waals surface area contributed by atoms with Crippen LogP contribution in [0.1, 0.15) is 77.4 Å². The van der Waals surface area contributed by atoms with Gasteiger partial charge in [0.2, 0.25) is 0 Å². The third-order valence-corrected chi connectivity index (χ3v) is 6.06. The van der Waals surface area contributed by atoms with Crippen LogP contribution >= 0.6 is 11.3 Å². The number of hydrogen-bond acceptors (Lipinski definition) is 3. The van der Waals surface area contributed by atoms with Crippen LogP contribution in [-0.4, -0.2) is 11.0 Å². The van der Waals surface area contributed by atoms with E-state index in [9.17, 15) is 0 Å². The SMILES string of the molecule is Cc1csc(C2(NC(C)C)CCCC(C(C)(C)C)CC2)n1. The standard InChI is InChI=1S/C18H32N2S/c1-13(2)20-18(16-19-14(3)12-21-16)10-7-8-15(9-11-18)17(4,5)6/h12-13,15,20H,7-11H2,1-6H3. The smallest absolute Gasteiger partial charge is 0.113 e. The molecule has 2 nitrogen and oxygen atoms in total. The fourth-order valence-corrected chi connectivity index (χ4v) is 4.77. The Balaban J connectivity index is 2.25. The summed E-state index contributed by atoms with van der Waals surface area (Å²) in [6.45, 7) is 13.8. The minimum Gasteiger partial charge on any atom is -0.303 e. The van der Waals surface area contributed by atoms with Gasteiger partial charge >= 0.3 is 0 Å². The Kier molecular flexibility index (Phi) is 5.15. The summed E-state index contributed by atoms with van der Waals surface area (Å²) in [7, 11) is 0. The maximum absolute atomic E-state index is 4.84. The summed E-state index contributed by atoms with van der Waals surface area (Å²) in [5.41, 5.74) is 1.69. The van der Waals surface area contributed by atoms with Crippen LogP contribution in [-0.2, 0) is 5.54 Å². The highest BCUT2D eigenvalue weighted by molar-refractivity contribution is 7.09. The van der Waals surface area contributed by atoms with Crippen molar-refractivity contribution in [2.75, 3.05) is 0 Å². The molecule has 2 unspecified atom stereocenters. The topological polar surface area (TPSA) is 24.9 Å². The van der Waals surface area contributed by atoms with Gasteiger partial charge in [0.1, 0.15) is 5.01 Å². The molecule has 1 fully saturated rings. The minimum absolute atomic E-state index is 0.104. The minimum atomic E-state index is 0.104. The number of thiazole rings is 1. The first-order valence-corrected chi connectivity index (χ1v) is 9.31. The number of hydrogen-bond donors (Lipinski definition) is 1. The van der Waals surface area contributed by atoms with Crippen LogP contribution < -0.4 is 5.32 Å². The van der Waals surface area contributed by atoms with Crippen LogP contribution in [0.15, 0.2) is 5.38 Å². The van der Waals surface area contributed by atoms with Gasteiger partial charge in [-0.1, -0.05) is 27.2 Å². The van der Waals surface area contributed by atoms with Gasteiger partial charge in [-0.15, -0.1) is 11.3 Å². The fourth-order valence-electron chi connectivity index (χ4n) is 3.75. The lowest BCUT2D eigenvalue weighted by molar-refractivity contribution is 0.203. The molecule has 21 heavy (non-hydrogen) atoms. The molecule has 0 amide bonds. The highest BCUT2D eigenvalue weighted by atomic mass is 32.1. The van der Waals surface area contributed by atoms with E-state index in [1.807, 2.05) is 11.3 Å². The number of aryl methyl sites for hydroxylation is 1. The summed E-state index contributed by atoms with van der Waals surface area (Å²) in [6, 6.07) is 0.500. The van der Waals surface area contributed by atoms with E-state index in [1.54, 1.807) is 0 Å². The van der Waals surface area contributed by atoms with E-state index >= 15 is 0 Å². The molecule has 1 aliphatic rings. The third-order valence-electron chi connectivity index (χ3n) is 4.89. The molecule has 0 saturated heterocycles. The highest BCUT2D eigenvalue weighted by Gasteiger charge is 2.39. The van der Waals surface area contributed by atoms with Crippen molar-refractivity contribution in [3.8, 4) is 0 Å². The molecule has 0 spiro atoms. The summed E-state index contributed by atoms with van der Waals surface area (Å²) in [5.74, 6) is 0.828. The van der Waals surface area contributed by atoms with E-state index < -0.39 is 0 Å². The Labute approximate surface area is 134 Å². The second-order valence-corrected chi connectivity index (χ2v) is 9.03. The normalized spacial score (nSPS) is 27.9. The van der Waals surface area contributed by atoms with Gasteiger partial charge in [0.05, 0.1) is 5.54 Å². The molecule has 1 aliphatic carbocycles. The first-order chi connectivity index (χ1) is 9.73. The first-order valence-electron chi connectivity index (χ1n) is 8.43. The van der Waals surface area contributed by atoms with E-state index in [-0.39, 0.29) is 5.54 Å². The summed E-state index contributed by atoms with van der Waals surface area (Å²) >= 11 is 1.84. The molecule has 1 saturated carbocycles. The van der Waals surface area contributed by atoms with Crippen LogP contribution in [0.5, 0.6) is 0 Å². The molecular weight excluding hydrogens is 276 g/mol. The van der Waals surface area contributed by atoms with Crippen LogP contribution in [0.4, 0.5) is 0 Å². The summed E-state index contributed by atoms with van der Waals surface area (Å²) in [4.78, 5) is 4.84. The van der Waals surface area contributed by atoms with E-state index in [2.05, 4.69) is 52.2 Å². The molecule has 1 N–H and O–H groups in total. The molecule has 1 aromatic rings. The Bertz CT molecular complexity index is 458. The van der Waals surface area contributed by atoms with Crippen molar-refractivity contribution < 1.29 is 0 Å². The maximum Gasteiger partial charge on any atom is 0.113 e. The van der Waals surface area contributed by atoms with Crippen molar-refractivity contribution >= 4 is 11.3 Å². The van der Waals surface area contributed by atoms with Crippen molar-refractivity contribution in [1.82, 2.24) is 10.3 Å². The molecule has 1 aromatic heterocycles. The molecule has 2 atom stereocenters. The fraction of sp³-hybridized carbons (Fsp3) is 0.833. The molecule has 0 radical (unpaired) electrons. The second kappa shape index (κ2) is 6.37. The third kappa shape index (κ3) is 4.07. The number of rotatable bonds is 3. The number of aromatic nitrogens is 1. The van der Waals surface area contributed by atoms with E-state index in [0.717, 1.165) is 11.6 Å². The van der Waals surface area contributed by atoms with Gasteiger partial charge in [-0.05, 0) is 57.8 Å². The average Bonchev–Trinajstić information content (AvgIpc) is 2.66. The molecule has 0 bridgehead atoms. The second-order valence-electron chi connectivity index (χ2n) is 8.17. The number of nitrogens with zero attached hydrogens (tertiary/aromatic N) is 1. The van der Waals surface area contributed by atoms with E-state index in [4.69, 9.17) is 4.98 Å². The van der Waals surface area contributed by atoms with Crippen molar-refractivity contribution in [3.05, 3.63) is 16.1 Å². The van der Waals surface area contributed by atoms with Gasteiger partial charge in [0.15, 0.2) is 0 Å². The van der Waals surface area contributed by atoms with Gasteiger partial charge in [0, 0.05) is 17.1 Å². The van der Waals surface area contributed by atoms with Crippen LogP contribution in [0, 0.1) is 18.3 Å². The monoisotopic (exact) mass is 308 g/mol. The van der Waals surface area contributed by atoms with E-state index in [0.29, 0.717) is 11.5 Å². The zero-order valence-corrected chi connectivity index (χ0v) is 15.4. The van der Waals surface area contributed by atoms with Gasteiger partial charge in [-0.3, -0.25) is 0 Å². The summed E-state index contributed by atoms with van der Waals surface area (Å²) < 4.78 is 0. The first kappa shape index (κ1) is 17.0. The van der Waals surface area contributed by atoms with Crippen LogP contribution in [0.2, 0.25) is 0 Å². The summed E-state index contributed by atoms with van der Waals surface area (Å²) in [6.07, 6.45) is 6.42. The molecule has 3 heteroatoms. The molecule has 0 aliphatic heterocycles. The Morgan fingerprint density at radius 3 is 2.52 bits per heavy atom. The molecular formula is C18H32N2S. The number of nitrogens with one attached hydrogen (secondary N) is 1. The largest absolute Gasteiger partial charge is 0.303 e. The predicted molar refractivity (Wildman–Crippen MR) is 92.8 cm³/mol. The van der Waals surface area contributed by atoms with Crippen molar-refractivity contribution in [2.45, 2.75) is 85.2 Å². The maximum atomic E-state index is 4.84. The molecule has 120 valence electrons. The van der Waals surface area contributed by atoms with Gasteiger partial charge in [0.25, 0.3) is 0 Å². The lowest BCUT2D eigenvalue weighted by Crippen LogP contribution is -2.45. The average molecular weight is 309 g/mol. The predicted octanol–water partition coefficient (Wildman–Crippen LogP) is 5.27. The molecule has 0 aromatic carbocycles. The lowest BCUT2D eigenvalue weighted by Gasteiger charge is -2.35. The Hall–Kier alpha value is -0.410. The Morgan fingerprint density at radius 1 is 1.29 bits per heavy atom. The van der Waals surface area contributed by atoms with Gasteiger partial charge in [-0.2, -0.15) is 0 Å². The van der Waals surface area contributed by atoms with Crippen molar-refractivity contribution in [1.29, 1.82) is 0 Å². The van der Waals surface area contributed by atoms with Crippen LogP contribution in [0.3, 0.4) is 0 Å². The van der Waals surface area contributed by atoms with Crippen molar-refractivity contribution in [3.63, 3.8) is 0 Å². The summed E-state index contributed by atoms with van der Waals surface area (Å²) in [5, 5.41) is 7.39. The van der Waals surface area contributed by atoms with Crippen LogP contribution in [0.25, 0.3) is 0 Å². The van der Waals surface area contributed by atoms with Gasteiger partial charge < -0.3 is 5.32 Å². The van der Waals surface area contributed by atoms with Gasteiger partial charge in [-0.25, -0.2) is 4.98 Å². The Morgan fingerprint density at radius 2 is 2.00 bits per heavy atom. The zero-order valence-electron chi connectivity index (χ0n) is 14.6. The lowest BCUT2D eigenvalue weighted by atomic mass is 9.76. The van der Waals surface area contributed by atoms with Crippen molar-refractivity contribution in [2.24, 2.45) is 11.3 Å². The van der Waals surface area contributed by atoms with E-state index in [1.165, 1.54) is 37.1 Å². The molecule has 2 rings (SSSR count). The zero-order chi connectivity index (χ0) is 15.7.